The van der Waals surface area contributed by atoms with Crippen LogP contribution in [0.3, 0.4) is 0 Å². The molecule has 0 atom stereocenters. The second-order valence-corrected chi connectivity index (χ2v) is 7.45. The van der Waals surface area contributed by atoms with Crippen molar-refractivity contribution in [3.63, 3.8) is 0 Å². The van der Waals surface area contributed by atoms with E-state index < -0.39 is 10.0 Å². The number of aromatic amines is 2. The van der Waals surface area contributed by atoms with Gasteiger partial charge in [0.25, 0.3) is 10.0 Å². The zero-order valence-corrected chi connectivity index (χ0v) is 13.3. The molecular weight excluding hydrogens is 333 g/mol. The van der Waals surface area contributed by atoms with Crippen molar-refractivity contribution >= 4 is 10.0 Å². The van der Waals surface area contributed by atoms with Crippen LogP contribution in [0.25, 0.3) is 11.3 Å². The molecule has 124 valence electrons. The Morgan fingerprint density at radius 3 is 2.71 bits per heavy atom. The summed E-state index contributed by atoms with van der Waals surface area (Å²) >= 11 is 0. The molecule has 0 fully saturated rings. The van der Waals surface area contributed by atoms with Crippen molar-refractivity contribution in [2.45, 2.75) is 18.0 Å². The maximum Gasteiger partial charge on any atom is 0.260 e. The number of aromatic nitrogens is 4. The maximum absolute atomic E-state index is 13.1. The molecule has 0 amide bonds. The number of sulfonamides is 1. The van der Waals surface area contributed by atoms with Crippen molar-refractivity contribution in [1.29, 1.82) is 0 Å². The summed E-state index contributed by atoms with van der Waals surface area (Å²) in [4.78, 5) is 6.41. The Labute approximate surface area is 137 Å². The fraction of sp³-hybridized carbons (Fsp3) is 0.200. The van der Waals surface area contributed by atoms with Crippen LogP contribution in [-0.4, -0.2) is 39.4 Å². The highest BCUT2D eigenvalue weighted by atomic mass is 32.2. The lowest BCUT2D eigenvalue weighted by atomic mass is 10.0. The van der Waals surface area contributed by atoms with Crippen molar-refractivity contribution in [1.82, 2.24) is 24.5 Å². The third kappa shape index (κ3) is 2.42. The number of hydrogen-bond donors (Lipinski definition) is 2. The lowest BCUT2D eigenvalue weighted by molar-refractivity contribution is 0.389. The lowest BCUT2D eigenvalue weighted by Gasteiger charge is -2.25. The first-order chi connectivity index (χ1) is 11.6. The van der Waals surface area contributed by atoms with Gasteiger partial charge in [-0.2, -0.15) is 9.40 Å². The van der Waals surface area contributed by atoms with Gasteiger partial charge in [-0.05, 0) is 24.3 Å². The maximum atomic E-state index is 13.1. The smallest absolute Gasteiger partial charge is 0.260 e. The van der Waals surface area contributed by atoms with E-state index in [2.05, 4.69) is 20.2 Å². The molecule has 0 bridgehead atoms. The number of H-pyrrole nitrogens is 2. The summed E-state index contributed by atoms with van der Waals surface area (Å²) in [5.41, 5.74) is 3.12. The average Bonchev–Trinajstić information content (AvgIpc) is 3.25. The minimum absolute atomic E-state index is 0.0674. The Bertz CT molecular complexity index is 964. The van der Waals surface area contributed by atoms with Crippen molar-refractivity contribution in [3.05, 3.63) is 53.9 Å². The average molecular weight is 347 g/mol. The summed E-state index contributed by atoms with van der Waals surface area (Å²) in [6.45, 7) is 0.569. The Morgan fingerprint density at radius 1 is 1.21 bits per heavy atom. The Hall–Kier alpha value is -2.52. The Morgan fingerprint density at radius 2 is 2.00 bits per heavy atom. The van der Waals surface area contributed by atoms with Crippen molar-refractivity contribution in [3.8, 4) is 11.3 Å². The molecule has 0 saturated heterocycles. The minimum atomic E-state index is -3.63. The first-order valence-corrected chi connectivity index (χ1v) is 8.80. The molecular formula is C15H14FN5O2S. The lowest BCUT2D eigenvalue weighted by Crippen LogP contribution is -2.36. The minimum Gasteiger partial charge on any atom is -0.335 e. The van der Waals surface area contributed by atoms with Gasteiger partial charge in [0.05, 0.1) is 18.2 Å². The van der Waals surface area contributed by atoms with Gasteiger partial charge in [-0.3, -0.25) is 5.10 Å². The van der Waals surface area contributed by atoms with Crippen LogP contribution in [0.5, 0.6) is 0 Å². The molecule has 1 aliphatic heterocycles. The predicted molar refractivity (Wildman–Crippen MR) is 83.9 cm³/mol. The van der Waals surface area contributed by atoms with E-state index in [4.69, 9.17) is 0 Å². The third-order valence-electron chi connectivity index (χ3n) is 4.11. The zero-order chi connectivity index (χ0) is 16.7. The summed E-state index contributed by atoms with van der Waals surface area (Å²) in [6.07, 6.45) is 3.17. The first kappa shape index (κ1) is 15.0. The van der Waals surface area contributed by atoms with Crippen molar-refractivity contribution < 1.29 is 12.8 Å². The van der Waals surface area contributed by atoms with E-state index >= 15 is 0 Å². The number of fused-ring (bicyclic) bond motifs is 1. The van der Waals surface area contributed by atoms with Gasteiger partial charge in [-0.15, -0.1) is 0 Å². The van der Waals surface area contributed by atoms with Crippen LogP contribution in [0.15, 0.2) is 41.8 Å². The van der Waals surface area contributed by atoms with Gasteiger partial charge in [0.15, 0.2) is 5.03 Å². The molecule has 2 N–H and O–H groups in total. The van der Waals surface area contributed by atoms with Gasteiger partial charge in [-0.25, -0.2) is 17.8 Å². The molecule has 0 radical (unpaired) electrons. The van der Waals surface area contributed by atoms with E-state index in [0.29, 0.717) is 18.7 Å². The first-order valence-electron chi connectivity index (χ1n) is 7.36. The van der Waals surface area contributed by atoms with E-state index in [1.165, 1.54) is 29.0 Å². The molecule has 1 aliphatic rings. The molecule has 4 rings (SSSR count). The number of halogens is 1. The molecule has 9 heteroatoms. The molecule has 1 aromatic carbocycles. The highest BCUT2D eigenvalue weighted by molar-refractivity contribution is 7.89. The van der Waals surface area contributed by atoms with Gasteiger partial charge in [0, 0.05) is 36.3 Å². The van der Waals surface area contributed by atoms with Crippen molar-refractivity contribution in [2.24, 2.45) is 0 Å². The summed E-state index contributed by atoms with van der Waals surface area (Å²) in [5.74, 6) is -0.327. The van der Waals surface area contributed by atoms with Crippen LogP contribution in [0, 0.1) is 5.82 Å². The summed E-state index contributed by atoms with van der Waals surface area (Å²) < 4.78 is 39.8. The van der Waals surface area contributed by atoms with E-state index in [9.17, 15) is 12.8 Å². The van der Waals surface area contributed by atoms with E-state index in [1.807, 2.05) is 0 Å². The van der Waals surface area contributed by atoms with Gasteiger partial charge < -0.3 is 4.98 Å². The molecule has 0 saturated carbocycles. The predicted octanol–water partition coefficient (Wildman–Crippen LogP) is 1.69. The molecule has 3 aromatic rings. The van der Waals surface area contributed by atoms with Crippen LogP contribution in [0.2, 0.25) is 0 Å². The van der Waals surface area contributed by atoms with Gasteiger partial charge >= 0.3 is 0 Å². The summed E-state index contributed by atoms with van der Waals surface area (Å²) in [6, 6.07) is 5.99. The largest absolute Gasteiger partial charge is 0.335 e. The van der Waals surface area contributed by atoms with Gasteiger partial charge in [0.2, 0.25) is 0 Å². The van der Waals surface area contributed by atoms with Gasteiger partial charge in [-0.1, -0.05) is 0 Å². The van der Waals surface area contributed by atoms with Crippen LogP contribution in [-0.2, 0) is 23.0 Å². The molecule has 3 heterocycles. The van der Waals surface area contributed by atoms with Crippen LogP contribution in [0.4, 0.5) is 4.39 Å². The molecule has 7 nitrogen and oxygen atoms in total. The number of rotatable bonds is 3. The normalized spacial score (nSPS) is 15.4. The molecule has 2 aromatic heterocycles. The Kier molecular flexibility index (Phi) is 3.47. The zero-order valence-electron chi connectivity index (χ0n) is 12.5. The molecule has 24 heavy (non-hydrogen) atoms. The SMILES string of the molecule is O=S(=O)(c1cnc[nH]1)N1CCc2[nH]nc(-c3ccc(F)cc3)c2C1. The second-order valence-electron chi connectivity index (χ2n) is 5.54. The standard InChI is InChI=1S/C15H14FN5O2S/c16-11-3-1-10(2-4-11)15-12-8-21(6-5-13(12)19-20-15)24(22,23)14-7-17-9-18-14/h1-4,7,9H,5-6,8H2,(H,17,18)(H,19,20). The molecule has 0 aliphatic carbocycles. The Balaban J connectivity index is 1.70. The quantitative estimate of drug-likeness (QED) is 0.754. The molecule has 0 spiro atoms. The van der Waals surface area contributed by atoms with E-state index in [-0.39, 0.29) is 17.4 Å². The van der Waals surface area contributed by atoms with Crippen LogP contribution < -0.4 is 0 Å². The summed E-state index contributed by atoms with van der Waals surface area (Å²) in [5, 5.41) is 7.32. The molecule has 0 unspecified atom stereocenters. The number of nitrogens with one attached hydrogen (secondary N) is 2. The second kappa shape index (κ2) is 5.53. The topological polar surface area (TPSA) is 94.7 Å². The number of nitrogens with zero attached hydrogens (tertiary/aromatic N) is 3. The highest BCUT2D eigenvalue weighted by Crippen LogP contribution is 2.30. The summed E-state index contributed by atoms with van der Waals surface area (Å²) in [7, 11) is -3.63. The van der Waals surface area contributed by atoms with E-state index in [0.717, 1.165) is 16.8 Å². The number of imidazole rings is 1. The fourth-order valence-corrected chi connectivity index (χ4v) is 4.15. The number of benzene rings is 1. The highest BCUT2D eigenvalue weighted by Gasteiger charge is 2.32. The van der Waals surface area contributed by atoms with Gasteiger partial charge in [0.1, 0.15) is 5.82 Å². The monoisotopic (exact) mass is 347 g/mol. The van der Waals surface area contributed by atoms with E-state index in [1.54, 1.807) is 12.1 Å². The fourth-order valence-electron chi connectivity index (χ4n) is 2.85. The third-order valence-corrected chi connectivity index (χ3v) is 5.88. The van der Waals surface area contributed by atoms with Crippen LogP contribution >= 0.6 is 0 Å². The van der Waals surface area contributed by atoms with Crippen molar-refractivity contribution in [2.75, 3.05) is 6.54 Å². The van der Waals surface area contributed by atoms with Crippen LogP contribution in [0.1, 0.15) is 11.3 Å². The number of hydrogen-bond acceptors (Lipinski definition) is 4.